The lowest BCUT2D eigenvalue weighted by Crippen LogP contribution is -2.41. The van der Waals surface area contributed by atoms with Crippen LogP contribution >= 0.6 is 0 Å². The Morgan fingerprint density at radius 2 is 2.17 bits per heavy atom. The molecule has 0 atom stereocenters. The first-order chi connectivity index (χ1) is 5.49. The number of aromatic amines is 1. The molecule has 0 spiro atoms. The highest BCUT2D eigenvalue weighted by atomic mass is 16.2. The number of amides is 1. The van der Waals surface area contributed by atoms with Gasteiger partial charge >= 0.3 is 0 Å². The third kappa shape index (κ3) is 2.30. The number of carbonyl (C=O) groups excluding carboxylic acids is 1. The highest BCUT2D eigenvalue weighted by Crippen LogP contribution is 1.99. The molecule has 0 aliphatic rings. The van der Waals surface area contributed by atoms with Crippen LogP contribution in [0, 0.1) is 0 Å². The molecule has 1 rings (SSSR count). The minimum absolute atomic E-state index is 0.0601. The first-order valence-electron chi connectivity index (χ1n) is 3.55. The van der Waals surface area contributed by atoms with Crippen molar-refractivity contribution in [2.75, 3.05) is 0 Å². The van der Waals surface area contributed by atoms with Gasteiger partial charge in [-0.25, -0.2) is 0 Å². The van der Waals surface area contributed by atoms with Crippen molar-refractivity contribution in [2.45, 2.75) is 26.3 Å². The van der Waals surface area contributed by atoms with Gasteiger partial charge in [0.25, 0.3) is 11.7 Å². The molecule has 0 fully saturated rings. The van der Waals surface area contributed by atoms with Gasteiger partial charge in [0.2, 0.25) is 0 Å². The summed E-state index contributed by atoms with van der Waals surface area (Å²) in [5.41, 5.74) is -0.280. The van der Waals surface area contributed by atoms with Crippen LogP contribution in [0.1, 0.15) is 31.4 Å². The Morgan fingerprint density at radius 1 is 1.50 bits per heavy atom. The number of nitrogens with zero attached hydrogens (tertiary/aromatic N) is 3. The quantitative estimate of drug-likeness (QED) is 0.606. The number of hydrogen-bond donors (Lipinski definition) is 2. The van der Waals surface area contributed by atoms with Gasteiger partial charge < -0.3 is 5.32 Å². The largest absolute Gasteiger partial charge is 0.345 e. The van der Waals surface area contributed by atoms with E-state index in [1.807, 2.05) is 20.8 Å². The van der Waals surface area contributed by atoms with Gasteiger partial charge in [-0.05, 0) is 26.0 Å². The summed E-state index contributed by atoms with van der Waals surface area (Å²) in [4.78, 5) is 11.2. The molecule has 2 N–H and O–H groups in total. The van der Waals surface area contributed by atoms with Gasteiger partial charge in [0.15, 0.2) is 0 Å². The fourth-order valence-electron chi connectivity index (χ4n) is 0.654. The van der Waals surface area contributed by atoms with E-state index in [0.717, 1.165) is 0 Å². The van der Waals surface area contributed by atoms with Crippen LogP contribution in [0.25, 0.3) is 0 Å². The summed E-state index contributed by atoms with van der Waals surface area (Å²) >= 11 is 0. The first-order valence-corrected chi connectivity index (χ1v) is 3.55. The number of H-pyrrole nitrogens is 1. The second-order valence-corrected chi connectivity index (χ2v) is 3.44. The van der Waals surface area contributed by atoms with E-state index in [1.54, 1.807) is 0 Å². The summed E-state index contributed by atoms with van der Waals surface area (Å²) in [6.45, 7) is 5.64. The zero-order valence-corrected chi connectivity index (χ0v) is 7.25. The molecule has 0 bridgehead atoms. The van der Waals surface area contributed by atoms with Crippen molar-refractivity contribution < 1.29 is 4.79 Å². The van der Waals surface area contributed by atoms with Crippen LogP contribution in [0.15, 0.2) is 0 Å². The standard InChI is InChI=1S/C6H11N5O/c1-6(2,3)7-5(12)4-8-10-11-9-4/h1-3H3,(H,7,12)(H,8,9,10,11). The fraction of sp³-hybridized carbons (Fsp3) is 0.667. The molecular formula is C6H11N5O. The maximum atomic E-state index is 11.2. The molecule has 6 heteroatoms. The Hall–Kier alpha value is -1.46. The van der Waals surface area contributed by atoms with Crippen LogP contribution in [0.2, 0.25) is 0 Å². The van der Waals surface area contributed by atoms with Crippen LogP contribution < -0.4 is 5.32 Å². The normalized spacial score (nSPS) is 11.2. The van der Waals surface area contributed by atoms with Gasteiger partial charge in [0, 0.05) is 5.54 Å². The average molecular weight is 169 g/mol. The number of nitrogens with one attached hydrogen (secondary N) is 2. The lowest BCUT2D eigenvalue weighted by atomic mass is 10.1. The number of tetrazole rings is 1. The van der Waals surface area contributed by atoms with Crippen molar-refractivity contribution in [1.29, 1.82) is 0 Å². The Kier molecular flexibility index (Phi) is 2.07. The molecule has 66 valence electrons. The van der Waals surface area contributed by atoms with E-state index in [2.05, 4.69) is 25.9 Å². The predicted molar refractivity (Wildman–Crippen MR) is 41.4 cm³/mol. The van der Waals surface area contributed by atoms with Crippen molar-refractivity contribution >= 4 is 5.91 Å². The third-order valence-corrected chi connectivity index (χ3v) is 1.04. The van der Waals surface area contributed by atoms with Crippen molar-refractivity contribution in [3.8, 4) is 0 Å². The maximum Gasteiger partial charge on any atom is 0.293 e. The van der Waals surface area contributed by atoms with Crippen molar-refractivity contribution in [3.63, 3.8) is 0 Å². The number of rotatable bonds is 1. The van der Waals surface area contributed by atoms with Crippen LogP contribution in [-0.4, -0.2) is 32.1 Å². The predicted octanol–water partition coefficient (Wildman–Crippen LogP) is -0.272. The fourth-order valence-corrected chi connectivity index (χ4v) is 0.654. The molecule has 1 aromatic heterocycles. The molecule has 0 aliphatic heterocycles. The second kappa shape index (κ2) is 2.88. The monoisotopic (exact) mass is 169 g/mol. The summed E-state index contributed by atoms with van der Waals surface area (Å²) < 4.78 is 0. The van der Waals surface area contributed by atoms with E-state index >= 15 is 0 Å². The van der Waals surface area contributed by atoms with Crippen molar-refractivity contribution in [2.24, 2.45) is 0 Å². The van der Waals surface area contributed by atoms with Gasteiger partial charge in [-0.2, -0.15) is 5.21 Å². The zero-order chi connectivity index (χ0) is 9.19. The topological polar surface area (TPSA) is 83.6 Å². The molecule has 0 saturated carbocycles. The van der Waals surface area contributed by atoms with Crippen LogP contribution in [0.5, 0.6) is 0 Å². The molecule has 0 radical (unpaired) electrons. The maximum absolute atomic E-state index is 11.2. The number of hydrogen-bond acceptors (Lipinski definition) is 4. The summed E-state index contributed by atoms with van der Waals surface area (Å²) in [6, 6.07) is 0. The summed E-state index contributed by atoms with van der Waals surface area (Å²) in [5.74, 6) is -0.263. The van der Waals surface area contributed by atoms with Crippen molar-refractivity contribution in [1.82, 2.24) is 25.9 Å². The van der Waals surface area contributed by atoms with E-state index in [9.17, 15) is 4.79 Å². The Balaban J connectivity index is 2.63. The van der Waals surface area contributed by atoms with Crippen LogP contribution in [0.3, 0.4) is 0 Å². The Morgan fingerprint density at radius 3 is 2.58 bits per heavy atom. The van der Waals surface area contributed by atoms with Gasteiger partial charge in [-0.15, -0.1) is 10.2 Å². The van der Waals surface area contributed by atoms with E-state index < -0.39 is 0 Å². The highest BCUT2D eigenvalue weighted by Gasteiger charge is 2.17. The smallest absolute Gasteiger partial charge is 0.293 e. The minimum atomic E-state index is -0.323. The lowest BCUT2D eigenvalue weighted by molar-refractivity contribution is 0.0909. The molecule has 0 unspecified atom stereocenters. The SMILES string of the molecule is CC(C)(C)NC(=O)c1nn[nH]n1. The van der Waals surface area contributed by atoms with E-state index in [4.69, 9.17) is 0 Å². The summed E-state index contributed by atoms with van der Waals surface area (Å²) in [7, 11) is 0. The zero-order valence-electron chi connectivity index (χ0n) is 7.25. The van der Waals surface area contributed by atoms with Gasteiger partial charge in [-0.3, -0.25) is 4.79 Å². The molecule has 6 nitrogen and oxygen atoms in total. The van der Waals surface area contributed by atoms with Gasteiger partial charge in [-0.1, -0.05) is 0 Å². The van der Waals surface area contributed by atoms with E-state index in [-0.39, 0.29) is 17.3 Å². The second-order valence-electron chi connectivity index (χ2n) is 3.44. The van der Waals surface area contributed by atoms with E-state index in [0.29, 0.717) is 0 Å². The van der Waals surface area contributed by atoms with Crippen LogP contribution in [0.4, 0.5) is 0 Å². The Labute approximate surface area is 69.7 Å². The number of aromatic nitrogens is 4. The summed E-state index contributed by atoms with van der Waals surface area (Å²) in [6.07, 6.45) is 0. The molecule has 0 aromatic carbocycles. The third-order valence-electron chi connectivity index (χ3n) is 1.04. The lowest BCUT2D eigenvalue weighted by Gasteiger charge is -2.18. The highest BCUT2D eigenvalue weighted by molar-refractivity contribution is 5.90. The molecular weight excluding hydrogens is 158 g/mol. The summed E-state index contributed by atoms with van der Waals surface area (Å²) in [5, 5.41) is 15.3. The molecule has 1 aromatic rings. The molecule has 12 heavy (non-hydrogen) atoms. The molecule has 0 saturated heterocycles. The Bertz CT molecular complexity index is 260. The van der Waals surface area contributed by atoms with Gasteiger partial charge in [0.1, 0.15) is 0 Å². The molecule has 1 heterocycles. The van der Waals surface area contributed by atoms with Crippen LogP contribution in [-0.2, 0) is 0 Å². The van der Waals surface area contributed by atoms with Gasteiger partial charge in [0.05, 0.1) is 0 Å². The molecule has 1 amide bonds. The minimum Gasteiger partial charge on any atom is -0.345 e. The first kappa shape index (κ1) is 8.63. The van der Waals surface area contributed by atoms with E-state index in [1.165, 1.54) is 0 Å². The molecule has 0 aliphatic carbocycles. The van der Waals surface area contributed by atoms with Crippen molar-refractivity contribution in [3.05, 3.63) is 5.82 Å². The average Bonchev–Trinajstić information content (AvgIpc) is 2.32. The number of carbonyl (C=O) groups is 1.